The summed E-state index contributed by atoms with van der Waals surface area (Å²) >= 11 is 0. The molecule has 0 aliphatic carbocycles. The van der Waals surface area contributed by atoms with Crippen LogP contribution in [0, 0.1) is 6.92 Å². The summed E-state index contributed by atoms with van der Waals surface area (Å²) in [4.78, 5) is 22.2. The molecule has 1 amide bonds. The molecule has 0 spiro atoms. The van der Waals surface area contributed by atoms with Gasteiger partial charge in [0.25, 0.3) is 5.91 Å². The van der Waals surface area contributed by atoms with Crippen LogP contribution in [0.2, 0.25) is 0 Å². The normalized spacial score (nSPS) is 15.4. The number of aliphatic imine (C=N–C) groups is 1. The van der Waals surface area contributed by atoms with Gasteiger partial charge in [0.05, 0.1) is 12.7 Å². The summed E-state index contributed by atoms with van der Waals surface area (Å²) in [5, 5.41) is 0. The zero-order chi connectivity index (χ0) is 22.8. The molecule has 1 fully saturated rings. The molecule has 0 atom stereocenters. The number of hydrogen-bond donors (Lipinski definition) is 0. The van der Waals surface area contributed by atoms with Crippen LogP contribution < -0.4 is 9.47 Å². The van der Waals surface area contributed by atoms with Gasteiger partial charge in [0.1, 0.15) is 23.0 Å². The number of aryl methyl sites for hydroxylation is 1. The molecule has 0 saturated carbocycles. The predicted octanol–water partition coefficient (Wildman–Crippen LogP) is 5.04. The summed E-state index contributed by atoms with van der Waals surface area (Å²) in [6.07, 6.45) is 0.866. The highest BCUT2D eigenvalue weighted by Gasteiger charge is 2.27. The molecule has 2 aliphatic rings. The first kappa shape index (κ1) is 21.1. The van der Waals surface area contributed by atoms with Gasteiger partial charge in [0.15, 0.2) is 5.75 Å². The Morgan fingerprint density at radius 1 is 0.939 bits per heavy atom. The third kappa shape index (κ3) is 4.29. The monoisotopic (exact) mass is 441 g/mol. The number of nitrogens with zero attached hydrogens (tertiary/aromatic N) is 3. The SMILES string of the molecule is COc1ccc2c(c1)Oc1cc(C)ccc1N=C2N1CCCN(C(=O)c2ccccc2)CC1. The van der Waals surface area contributed by atoms with Gasteiger partial charge >= 0.3 is 0 Å². The summed E-state index contributed by atoms with van der Waals surface area (Å²) in [6, 6.07) is 21.4. The Kier molecular flexibility index (Phi) is 5.73. The number of amides is 1. The summed E-state index contributed by atoms with van der Waals surface area (Å²) in [6.45, 7) is 4.91. The van der Waals surface area contributed by atoms with E-state index in [2.05, 4.69) is 4.90 Å². The van der Waals surface area contributed by atoms with Crippen molar-refractivity contribution in [1.82, 2.24) is 9.80 Å². The van der Waals surface area contributed by atoms with E-state index in [1.807, 2.05) is 78.6 Å². The van der Waals surface area contributed by atoms with Crippen molar-refractivity contribution in [2.75, 3.05) is 33.3 Å². The van der Waals surface area contributed by atoms with Crippen LogP contribution in [0.25, 0.3) is 0 Å². The highest BCUT2D eigenvalue weighted by atomic mass is 16.5. The lowest BCUT2D eigenvalue weighted by molar-refractivity contribution is 0.0764. The lowest BCUT2D eigenvalue weighted by atomic mass is 10.1. The van der Waals surface area contributed by atoms with Crippen LogP contribution in [0.1, 0.15) is 27.9 Å². The molecule has 3 aromatic rings. The number of carbonyl (C=O) groups excluding carboxylic acids is 1. The largest absolute Gasteiger partial charge is 0.497 e. The molecular weight excluding hydrogens is 414 g/mol. The third-order valence-electron chi connectivity index (χ3n) is 6.09. The summed E-state index contributed by atoms with van der Waals surface area (Å²) in [5.41, 5.74) is 3.56. The van der Waals surface area contributed by atoms with Gasteiger partial charge in [-0.1, -0.05) is 24.3 Å². The lowest BCUT2D eigenvalue weighted by Gasteiger charge is -2.25. The van der Waals surface area contributed by atoms with E-state index in [0.29, 0.717) is 13.1 Å². The van der Waals surface area contributed by atoms with Crippen molar-refractivity contribution >= 4 is 17.4 Å². The maximum absolute atomic E-state index is 13.0. The Morgan fingerprint density at radius 3 is 2.61 bits per heavy atom. The molecule has 1 saturated heterocycles. The van der Waals surface area contributed by atoms with E-state index in [1.165, 1.54) is 0 Å². The van der Waals surface area contributed by atoms with Gasteiger partial charge in [0, 0.05) is 37.8 Å². The fourth-order valence-corrected chi connectivity index (χ4v) is 4.32. The number of hydrogen-bond acceptors (Lipinski definition) is 5. The zero-order valence-electron chi connectivity index (χ0n) is 19.0. The summed E-state index contributed by atoms with van der Waals surface area (Å²) in [5.74, 6) is 3.13. The maximum Gasteiger partial charge on any atom is 0.253 e. The molecule has 6 heteroatoms. The molecule has 0 unspecified atom stereocenters. The molecule has 3 aromatic carbocycles. The Hall–Kier alpha value is -3.80. The first-order valence-electron chi connectivity index (χ1n) is 11.3. The van der Waals surface area contributed by atoms with Crippen molar-refractivity contribution in [2.45, 2.75) is 13.3 Å². The number of methoxy groups -OCH3 is 1. The van der Waals surface area contributed by atoms with Crippen LogP contribution in [-0.4, -0.2) is 54.8 Å². The molecule has 33 heavy (non-hydrogen) atoms. The molecule has 0 bridgehead atoms. The van der Waals surface area contributed by atoms with Crippen molar-refractivity contribution in [3.8, 4) is 17.2 Å². The van der Waals surface area contributed by atoms with Crippen molar-refractivity contribution in [3.05, 3.63) is 83.4 Å². The minimum Gasteiger partial charge on any atom is -0.497 e. The van der Waals surface area contributed by atoms with E-state index in [1.54, 1.807) is 7.11 Å². The lowest BCUT2D eigenvalue weighted by Crippen LogP contribution is -2.37. The minimum atomic E-state index is 0.0783. The first-order chi connectivity index (χ1) is 16.1. The van der Waals surface area contributed by atoms with Crippen molar-refractivity contribution in [1.29, 1.82) is 0 Å². The second-order valence-corrected chi connectivity index (χ2v) is 8.37. The Labute approximate surface area is 194 Å². The Bertz CT molecular complexity index is 1210. The molecule has 5 rings (SSSR count). The smallest absolute Gasteiger partial charge is 0.253 e. The van der Waals surface area contributed by atoms with E-state index in [9.17, 15) is 4.79 Å². The topological polar surface area (TPSA) is 54.4 Å². The number of rotatable bonds is 2. The first-order valence-corrected chi connectivity index (χ1v) is 11.3. The van der Waals surface area contributed by atoms with Gasteiger partial charge < -0.3 is 19.3 Å². The van der Waals surface area contributed by atoms with Crippen LogP contribution in [0.4, 0.5) is 5.69 Å². The highest BCUT2D eigenvalue weighted by molar-refractivity contribution is 6.04. The van der Waals surface area contributed by atoms with Gasteiger partial charge in [-0.05, 0) is 55.3 Å². The average Bonchev–Trinajstić information content (AvgIpc) is 3.18. The van der Waals surface area contributed by atoms with E-state index in [0.717, 1.165) is 65.0 Å². The van der Waals surface area contributed by atoms with Crippen LogP contribution in [0.15, 0.2) is 71.7 Å². The maximum atomic E-state index is 13.0. The summed E-state index contributed by atoms with van der Waals surface area (Å²) < 4.78 is 11.7. The number of carbonyl (C=O) groups is 1. The minimum absolute atomic E-state index is 0.0783. The molecule has 0 aromatic heterocycles. The third-order valence-corrected chi connectivity index (χ3v) is 6.09. The van der Waals surface area contributed by atoms with Crippen LogP contribution in [0.5, 0.6) is 17.2 Å². The number of ether oxygens (including phenoxy) is 2. The molecule has 2 aliphatic heterocycles. The molecule has 0 N–H and O–H groups in total. The molecule has 168 valence electrons. The van der Waals surface area contributed by atoms with Crippen molar-refractivity contribution in [2.24, 2.45) is 4.99 Å². The Morgan fingerprint density at radius 2 is 1.79 bits per heavy atom. The predicted molar refractivity (Wildman–Crippen MR) is 129 cm³/mol. The standard InChI is InChI=1S/C27H27N3O3/c1-19-9-12-23-25(17-19)33-24-18-21(32-2)10-11-22(24)26(28-23)29-13-6-14-30(16-15-29)27(31)20-7-4-3-5-8-20/h3-5,7-12,17-18H,6,13-16H2,1-2H3. The average molecular weight is 442 g/mol. The number of benzene rings is 3. The quantitative estimate of drug-likeness (QED) is 0.559. The van der Waals surface area contributed by atoms with Crippen molar-refractivity contribution < 1.29 is 14.3 Å². The highest BCUT2D eigenvalue weighted by Crippen LogP contribution is 2.40. The van der Waals surface area contributed by atoms with Crippen LogP contribution in [-0.2, 0) is 0 Å². The van der Waals surface area contributed by atoms with Gasteiger partial charge in [-0.25, -0.2) is 4.99 Å². The second-order valence-electron chi connectivity index (χ2n) is 8.37. The molecular formula is C27H27N3O3. The van der Waals surface area contributed by atoms with Gasteiger partial charge in [-0.2, -0.15) is 0 Å². The summed E-state index contributed by atoms with van der Waals surface area (Å²) in [7, 11) is 1.65. The van der Waals surface area contributed by atoms with Gasteiger partial charge in [0.2, 0.25) is 0 Å². The van der Waals surface area contributed by atoms with Gasteiger partial charge in [-0.15, -0.1) is 0 Å². The van der Waals surface area contributed by atoms with Crippen LogP contribution in [0.3, 0.4) is 0 Å². The van der Waals surface area contributed by atoms with E-state index in [4.69, 9.17) is 14.5 Å². The number of amidine groups is 1. The van der Waals surface area contributed by atoms with E-state index in [-0.39, 0.29) is 5.91 Å². The molecule has 0 radical (unpaired) electrons. The second kappa shape index (κ2) is 8.98. The molecule has 2 heterocycles. The Balaban J connectivity index is 1.47. The number of fused-ring (bicyclic) bond motifs is 2. The van der Waals surface area contributed by atoms with Gasteiger partial charge in [-0.3, -0.25) is 4.79 Å². The fraction of sp³-hybridized carbons (Fsp3) is 0.259. The fourth-order valence-electron chi connectivity index (χ4n) is 4.32. The van der Waals surface area contributed by atoms with E-state index < -0.39 is 0 Å². The molecule has 6 nitrogen and oxygen atoms in total. The van der Waals surface area contributed by atoms with Crippen LogP contribution >= 0.6 is 0 Å². The van der Waals surface area contributed by atoms with Crippen molar-refractivity contribution in [3.63, 3.8) is 0 Å². The zero-order valence-corrected chi connectivity index (χ0v) is 19.0. The van der Waals surface area contributed by atoms with E-state index >= 15 is 0 Å².